The predicted octanol–water partition coefficient (Wildman–Crippen LogP) is 3.54. The minimum atomic E-state index is -3.55. The molecular formula is C25H25N3O5S. The molecule has 0 aliphatic carbocycles. The van der Waals surface area contributed by atoms with Crippen LogP contribution < -0.4 is 10.1 Å². The van der Waals surface area contributed by atoms with Crippen LogP contribution in [0.5, 0.6) is 5.75 Å². The van der Waals surface area contributed by atoms with Crippen molar-refractivity contribution in [3.63, 3.8) is 0 Å². The van der Waals surface area contributed by atoms with Crippen LogP contribution in [0.15, 0.2) is 76.0 Å². The summed E-state index contributed by atoms with van der Waals surface area (Å²) in [5.74, 6) is 0.508. The van der Waals surface area contributed by atoms with E-state index >= 15 is 0 Å². The molecule has 9 heteroatoms. The minimum absolute atomic E-state index is 0.0630. The first-order valence-corrected chi connectivity index (χ1v) is 12.5. The third kappa shape index (κ3) is 4.08. The summed E-state index contributed by atoms with van der Waals surface area (Å²) in [5, 5.41) is 5.10. The van der Waals surface area contributed by atoms with Crippen molar-refractivity contribution in [2.75, 3.05) is 45.2 Å². The lowest BCUT2D eigenvalue weighted by atomic mass is 10.1. The van der Waals surface area contributed by atoms with Crippen LogP contribution >= 0.6 is 0 Å². The van der Waals surface area contributed by atoms with E-state index in [0.717, 1.165) is 16.4 Å². The number of nitrogens with zero attached hydrogens (tertiary/aromatic N) is 2. The van der Waals surface area contributed by atoms with E-state index in [1.807, 2.05) is 36.4 Å². The average molecular weight is 480 g/mol. The van der Waals surface area contributed by atoms with Gasteiger partial charge < -0.3 is 19.4 Å². The lowest BCUT2D eigenvalue weighted by Gasteiger charge is -2.34. The van der Waals surface area contributed by atoms with Crippen molar-refractivity contribution in [2.45, 2.75) is 4.90 Å². The number of ether oxygens (including phenoxy) is 1. The quantitative estimate of drug-likeness (QED) is 0.455. The van der Waals surface area contributed by atoms with Crippen LogP contribution in [-0.2, 0) is 14.8 Å². The van der Waals surface area contributed by atoms with Gasteiger partial charge in [-0.2, -0.15) is 4.31 Å². The molecule has 0 saturated carbocycles. The summed E-state index contributed by atoms with van der Waals surface area (Å²) in [6, 6.07) is 19.9. The second-order valence-electron chi connectivity index (χ2n) is 8.10. The summed E-state index contributed by atoms with van der Waals surface area (Å²) in [5.41, 5.74) is 2.15. The summed E-state index contributed by atoms with van der Waals surface area (Å²) < 4.78 is 38.5. The van der Waals surface area contributed by atoms with E-state index in [4.69, 9.17) is 9.15 Å². The van der Waals surface area contributed by atoms with Gasteiger partial charge in [0.1, 0.15) is 16.9 Å². The lowest BCUT2D eigenvalue weighted by molar-refractivity contribution is -0.130. The number of anilines is 1. The van der Waals surface area contributed by atoms with Gasteiger partial charge in [-0.05, 0) is 24.3 Å². The number of carbonyl (C=O) groups excluding carboxylic acids is 1. The number of rotatable bonds is 6. The molecule has 0 spiro atoms. The highest BCUT2D eigenvalue weighted by atomic mass is 32.2. The number of hydrogen-bond donors (Lipinski definition) is 1. The second-order valence-corrected chi connectivity index (χ2v) is 10.0. The summed E-state index contributed by atoms with van der Waals surface area (Å²) in [6.45, 7) is 1.26. The average Bonchev–Trinajstić information content (AvgIpc) is 3.24. The summed E-state index contributed by atoms with van der Waals surface area (Å²) in [6.07, 6.45) is 0. The highest BCUT2D eigenvalue weighted by Gasteiger charge is 2.30. The Labute approximate surface area is 197 Å². The third-order valence-corrected chi connectivity index (χ3v) is 8.01. The number of para-hydroxylation sites is 1. The van der Waals surface area contributed by atoms with Crippen molar-refractivity contribution >= 4 is 43.6 Å². The van der Waals surface area contributed by atoms with Crippen molar-refractivity contribution in [1.82, 2.24) is 9.21 Å². The fourth-order valence-electron chi connectivity index (χ4n) is 4.26. The molecule has 34 heavy (non-hydrogen) atoms. The fraction of sp³-hybridized carbons (Fsp3) is 0.240. The van der Waals surface area contributed by atoms with Gasteiger partial charge in [-0.25, -0.2) is 8.42 Å². The van der Waals surface area contributed by atoms with E-state index < -0.39 is 10.0 Å². The molecule has 0 atom stereocenters. The number of nitrogens with one attached hydrogen (secondary N) is 1. The minimum Gasteiger partial charge on any atom is -0.495 e. The van der Waals surface area contributed by atoms with Crippen LogP contribution in [0.2, 0.25) is 0 Å². The zero-order valence-electron chi connectivity index (χ0n) is 18.7. The maximum Gasteiger partial charge on any atom is 0.243 e. The molecule has 5 rings (SSSR count). The molecule has 0 unspecified atom stereocenters. The van der Waals surface area contributed by atoms with Crippen molar-refractivity contribution in [1.29, 1.82) is 0 Å². The Hall–Kier alpha value is -3.56. The number of methoxy groups -OCH3 is 1. The van der Waals surface area contributed by atoms with Gasteiger partial charge in [0.2, 0.25) is 15.9 Å². The fourth-order valence-corrected chi connectivity index (χ4v) is 5.70. The first-order chi connectivity index (χ1) is 16.5. The molecule has 1 N–H and O–H groups in total. The van der Waals surface area contributed by atoms with Crippen LogP contribution in [0.4, 0.5) is 5.69 Å². The molecule has 4 aromatic rings. The van der Waals surface area contributed by atoms with Crippen LogP contribution in [0, 0.1) is 0 Å². The Bertz CT molecular complexity index is 1440. The van der Waals surface area contributed by atoms with E-state index in [9.17, 15) is 13.2 Å². The number of hydrogen-bond acceptors (Lipinski definition) is 6. The molecule has 3 aromatic carbocycles. The Balaban J connectivity index is 1.25. The standard InChI is InChI=1S/C25H25N3O5S/c1-32-24-15-20-19-9-5-6-10-22(19)33-23(20)16-21(24)26-17-25(29)27-11-13-28(14-12-27)34(30,31)18-7-3-2-4-8-18/h2-10,15-16,26H,11-14,17H2,1H3. The maximum atomic E-state index is 12.8. The number of benzene rings is 3. The normalized spacial score (nSPS) is 15.0. The highest BCUT2D eigenvalue weighted by molar-refractivity contribution is 7.89. The number of amides is 1. The monoisotopic (exact) mass is 479 g/mol. The SMILES string of the molecule is COc1cc2c(cc1NCC(=O)N1CCN(S(=O)(=O)c3ccccc3)CC1)oc1ccccc12. The van der Waals surface area contributed by atoms with Gasteiger partial charge in [-0.1, -0.05) is 36.4 Å². The number of furan rings is 1. The molecule has 8 nitrogen and oxygen atoms in total. The summed E-state index contributed by atoms with van der Waals surface area (Å²) >= 11 is 0. The molecule has 1 amide bonds. The Morgan fingerprint density at radius 2 is 1.65 bits per heavy atom. The number of carbonyl (C=O) groups is 1. The molecular weight excluding hydrogens is 454 g/mol. The zero-order valence-corrected chi connectivity index (χ0v) is 19.5. The summed E-state index contributed by atoms with van der Waals surface area (Å²) in [7, 11) is -1.97. The van der Waals surface area contributed by atoms with E-state index in [0.29, 0.717) is 30.1 Å². The van der Waals surface area contributed by atoms with Crippen LogP contribution in [0.3, 0.4) is 0 Å². The molecule has 0 radical (unpaired) electrons. The van der Waals surface area contributed by atoms with Crippen LogP contribution in [0.1, 0.15) is 0 Å². The molecule has 1 aliphatic heterocycles. The zero-order chi connectivity index (χ0) is 23.7. The van der Waals surface area contributed by atoms with Gasteiger partial charge in [0.05, 0.1) is 24.2 Å². The van der Waals surface area contributed by atoms with Crippen molar-refractivity contribution in [3.05, 3.63) is 66.7 Å². The maximum absolute atomic E-state index is 12.8. The number of piperazine rings is 1. The van der Waals surface area contributed by atoms with E-state index in [-0.39, 0.29) is 30.4 Å². The van der Waals surface area contributed by atoms with Gasteiger partial charge in [-0.3, -0.25) is 4.79 Å². The van der Waals surface area contributed by atoms with Gasteiger partial charge in [-0.15, -0.1) is 0 Å². The first-order valence-electron chi connectivity index (χ1n) is 11.0. The number of sulfonamides is 1. The Morgan fingerprint density at radius 3 is 2.38 bits per heavy atom. The van der Waals surface area contributed by atoms with E-state index in [1.165, 1.54) is 4.31 Å². The summed E-state index contributed by atoms with van der Waals surface area (Å²) in [4.78, 5) is 14.8. The molecule has 1 fully saturated rings. The first kappa shape index (κ1) is 22.2. The predicted molar refractivity (Wildman–Crippen MR) is 131 cm³/mol. The Morgan fingerprint density at radius 1 is 0.941 bits per heavy atom. The lowest BCUT2D eigenvalue weighted by Crippen LogP contribution is -2.51. The molecule has 1 saturated heterocycles. The van der Waals surface area contributed by atoms with Crippen molar-refractivity contribution < 1.29 is 22.4 Å². The molecule has 0 bridgehead atoms. The molecule has 2 heterocycles. The molecule has 176 valence electrons. The van der Waals surface area contributed by atoms with Gasteiger partial charge in [0.15, 0.2) is 0 Å². The van der Waals surface area contributed by atoms with Crippen molar-refractivity contribution in [2.24, 2.45) is 0 Å². The van der Waals surface area contributed by atoms with Gasteiger partial charge in [0, 0.05) is 43.0 Å². The van der Waals surface area contributed by atoms with Gasteiger partial charge in [0.25, 0.3) is 0 Å². The topological polar surface area (TPSA) is 92.1 Å². The van der Waals surface area contributed by atoms with Crippen LogP contribution in [-0.4, -0.2) is 63.4 Å². The van der Waals surface area contributed by atoms with Crippen LogP contribution in [0.25, 0.3) is 21.9 Å². The van der Waals surface area contributed by atoms with Crippen molar-refractivity contribution in [3.8, 4) is 5.75 Å². The van der Waals surface area contributed by atoms with E-state index in [2.05, 4.69) is 5.32 Å². The smallest absolute Gasteiger partial charge is 0.243 e. The third-order valence-electron chi connectivity index (χ3n) is 6.10. The van der Waals surface area contributed by atoms with E-state index in [1.54, 1.807) is 42.3 Å². The highest BCUT2D eigenvalue weighted by Crippen LogP contribution is 2.36. The molecule has 1 aromatic heterocycles. The Kier molecular flexibility index (Phi) is 5.89. The number of fused-ring (bicyclic) bond motifs is 3. The largest absolute Gasteiger partial charge is 0.495 e. The second kappa shape index (κ2) is 9.00. The molecule has 1 aliphatic rings. The van der Waals surface area contributed by atoms with Gasteiger partial charge >= 0.3 is 0 Å².